The number of nitrogens with zero attached hydrogens (tertiary/aromatic N) is 2. The monoisotopic (exact) mass is 573 g/mol. The molecule has 1 N–H and O–H groups in total. The molecule has 3 aliphatic rings. The maximum Gasteiger partial charge on any atom is 0.509 e. The molecule has 13 heteroatoms. The van der Waals surface area contributed by atoms with Crippen molar-refractivity contribution in [2.75, 3.05) is 32.6 Å². The lowest BCUT2D eigenvalue weighted by Crippen LogP contribution is -2.57. The number of alkyl carbamates (subject to hydrolysis) is 1. The third-order valence-corrected chi connectivity index (χ3v) is 9.91. The van der Waals surface area contributed by atoms with Crippen LogP contribution in [-0.4, -0.2) is 97.4 Å². The maximum absolute atomic E-state index is 13.9. The predicted octanol–water partition coefficient (Wildman–Crippen LogP) is 4.24. The van der Waals surface area contributed by atoms with Crippen molar-refractivity contribution in [1.82, 2.24) is 15.1 Å². The van der Waals surface area contributed by atoms with Crippen LogP contribution >= 0.6 is 11.8 Å². The number of likely N-dealkylation sites (tertiary alicyclic amines) is 1. The molecule has 0 aromatic carbocycles. The van der Waals surface area contributed by atoms with Gasteiger partial charge in [-0.15, -0.1) is 11.8 Å². The Hall–Kier alpha value is -2.15. The van der Waals surface area contributed by atoms with E-state index in [9.17, 15) is 19.2 Å². The summed E-state index contributed by atoms with van der Waals surface area (Å²) in [6, 6.07) is 0.923. The fourth-order valence-electron chi connectivity index (χ4n) is 5.01. The number of nitrogens with one attached hydrogen (secondary N) is 1. The van der Waals surface area contributed by atoms with Crippen LogP contribution in [0.5, 0.6) is 0 Å². The molecule has 0 spiro atoms. The van der Waals surface area contributed by atoms with E-state index >= 15 is 0 Å². The van der Waals surface area contributed by atoms with E-state index in [1.165, 1.54) is 18.9 Å². The first-order valence-electron chi connectivity index (χ1n) is 13.2. The second-order valence-electron chi connectivity index (χ2n) is 12.5. The van der Waals surface area contributed by atoms with E-state index in [2.05, 4.69) is 29.7 Å². The lowest BCUT2D eigenvalue weighted by molar-refractivity contribution is -0.142. The van der Waals surface area contributed by atoms with Gasteiger partial charge < -0.3 is 29.2 Å². The van der Waals surface area contributed by atoms with Crippen molar-refractivity contribution in [2.45, 2.75) is 94.9 Å². The molecule has 0 saturated carbocycles. The minimum Gasteiger partial charge on any atom is -0.450 e. The van der Waals surface area contributed by atoms with E-state index in [0.29, 0.717) is 51.1 Å². The van der Waals surface area contributed by atoms with Crippen molar-refractivity contribution in [3.63, 3.8) is 0 Å². The number of amides is 3. The summed E-state index contributed by atoms with van der Waals surface area (Å²) in [5.41, 5.74) is -1.92. The molecular weight excluding hydrogens is 530 g/mol. The van der Waals surface area contributed by atoms with Crippen LogP contribution in [0.25, 0.3) is 0 Å². The number of piperidine rings is 1. The average molecular weight is 574 g/mol. The first-order chi connectivity index (χ1) is 17.6. The normalized spacial score (nSPS) is 26.1. The summed E-state index contributed by atoms with van der Waals surface area (Å²) < 4.78 is 21.0. The summed E-state index contributed by atoms with van der Waals surface area (Å²) >= 11 is 1.51. The molecule has 3 saturated heterocycles. The second kappa shape index (κ2) is 11.9. The Balaban J connectivity index is 1.67. The van der Waals surface area contributed by atoms with Gasteiger partial charge >= 0.3 is 18.3 Å². The molecule has 0 bridgehead atoms. The van der Waals surface area contributed by atoms with Crippen LogP contribution in [0, 0.1) is 5.92 Å². The quantitative estimate of drug-likeness (QED) is 0.270. The zero-order valence-corrected chi connectivity index (χ0v) is 25.5. The average Bonchev–Trinajstić information content (AvgIpc) is 3.29. The van der Waals surface area contributed by atoms with Gasteiger partial charge in [-0.25, -0.2) is 14.4 Å². The SMILES string of the molecule is COC(=O)O[C@@H]1CS[C@H]2C[C@@](CC3CCN(C(=O)OCC[Si](C)(C)C)CC3)(NC(=O)OC(C)(C)C)C(=O)N21. The molecule has 38 heavy (non-hydrogen) atoms. The molecule has 3 heterocycles. The molecule has 0 aliphatic carbocycles. The zero-order valence-electron chi connectivity index (χ0n) is 23.7. The standard InChI is InChI=1S/C25H43N3O8SSi/c1-24(2,3)36-21(30)26-25(15-19-28(20(25)29)18(16-37-19)35-23(32)33-4)14-17-8-10-27(11-9-17)22(31)34-12-13-38(5,6)7/h17-19H,8-16H2,1-7H3,(H,26,30)/t18-,19+,25-/m1/s1. The number of rotatable bonds is 7. The van der Waals surface area contributed by atoms with E-state index in [4.69, 9.17) is 14.2 Å². The minimum atomic E-state index is -1.29. The number of hydrogen-bond donors (Lipinski definition) is 1. The number of carbonyl (C=O) groups excluding carboxylic acids is 4. The summed E-state index contributed by atoms with van der Waals surface area (Å²) in [5, 5.41) is 2.66. The van der Waals surface area contributed by atoms with Crippen LogP contribution in [0.2, 0.25) is 25.7 Å². The fourth-order valence-corrected chi connectivity index (χ4v) is 7.14. The number of fused-ring (bicyclic) bond motifs is 1. The second-order valence-corrected chi connectivity index (χ2v) is 19.3. The first kappa shape index (κ1) is 30.4. The summed E-state index contributed by atoms with van der Waals surface area (Å²) in [4.78, 5) is 54.3. The third kappa shape index (κ3) is 7.93. The fraction of sp³-hybridized carbons (Fsp3) is 0.840. The van der Waals surface area contributed by atoms with Crippen molar-refractivity contribution in [2.24, 2.45) is 5.92 Å². The summed E-state index contributed by atoms with van der Waals surface area (Å²) in [5.74, 6) is 0.247. The van der Waals surface area contributed by atoms with Gasteiger partial charge in [-0.2, -0.15) is 0 Å². The van der Waals surface area contributed by atoms with Gasteiger partial charge in [0.25, 0.3) is 5.91 Å². The van der Waals surface area contributed by atoms with Crippen molar-refractivity contribution >= 4 is 44.1 Å². The highest BCUT2D eigenvalue weighted by molar-refractivity contribution is 8.00. The van der Waals surface area contributed by atoms with Crippen LogP contribution in [0.1, 0.15) is 46.5 Å². The molecule has 0 aromatic rings. The van der Waals surface area contributed by atoms with Gasteiger partial charge in [0.15, 0.2) is 6.23 Å². The molecule has 11 nitrogen and oxygen atoms in total. The Morgan fingerprint density at radius 1 is 1.16 bits per heavy atom. The molecule has 3 fully saturated rings. The van der Waals surface area contributed by atoms with Gasteiger partial charge in [0.1, 0.15) is 11.1 Å². The molecular formula is C25H43N3O8SSi. The van der Waals surface area contributed by atoms with Gasteiger partial charge in [0, 0.05) is 27.6 Å². The number of carbonyl (C=O) groups is 4. The summed E-state index contributed by atoms with van der Waals surface area (Å²) in [6.45, 7) is 13.5. The highest BCUT2D eigenvalue weighted by Crippen LogP contribution is 2.46. The van der Waals surface area contributed by atoms with E-state index in [-0.39, 0.29) is 23.3 Å². The Bertz CT molecular complexity index is 900. The van der Waals surface area contributed by atoms with Gasteiger partial charge in [-0.1, -0.05) is 19.6 Å². The van der Waals surface area contributed by atoms with Gasteiger partial charge in [-0.3, -0.25) is 9.69 Å². The molecule has 3 rings (SSSR count). The van der Waals surface area contributed by atoms with E-state index in [1.807, 2.05) is 0 Å². The highest BCUT2D eigenvalue weighted by Gasteiger charge is 2.59. The highest BCUT2D eigenvalue weighted by atomic mass is 32.2. The lowest BCUT2D eigenvalue weighted by atomic mass is 9.81. The summed E-state index contributed by atoms with van der Waals surface area (Å²) in [7, 11) is -0.0693. The Morgan fingerprint density at radius 2 is 1.82 bits per heavy atom. The van der Waals surface area contributed by atoms with Crippen LogP contribution in [0.15, 0.2) is 0 Å². The largest absolute Gasteiger partial charge is 0.509 e. The molecule has 3 aliphatic heterocycles. The van der Waals surface area contributed by atoms with E-state index < -0.39 is 37.7 Å². The van der Waals surface area contributed by atoms with Crippen LogP contribution in [-0.2, 0) is 23.7 Å². The molecule has 0 aromatic heterocycles. The van der Waals surface area contributed by atoms with Crippen LogP contribution < -0.4 is 5.32 Å². The van der Waals surface area contributed by atoms with Gasteiger partial charge in [0.05, 0.1) is 24.8 Å². The van der Waals surface area contributed by atoms with Gasteiger partial charge in [-0.05, 0) is 52.0 Å². The molecule has 3 atom stereocenters. The van der Waals surface area contributed by atoms with Crippen molar-refractivity contribution < 1.29 is 38.1 Å². The van der Waals surface area contributed by atoms with Crippen molar-refractivity contribution in [1.29, 1.82) is 0 Å². The number of thioether (sulfide) groups is 1. The maximum atomic E-state index is 13.9. The van der Waals surface area contributed by atoms with Crippen molar-refractivity contribution in [3.05, 3.63) is 0 Å². The molecule has 0 radical (unpaired) electrons. The molecule has 216 valence electrons. The topological polar surface area (TPSA) is 124 Å². The van der Waals surface area contributed by atoms with Crippen molar-refractivity contribution in [3.8, 4) is 0 Å². The molecule has 0 unspecified atom stereocenters. The van der Waals surface area contributed by atoms with Crippen LogP contribution in [0.3, 0.4) is 0 Å². The Kier molecular flexibility index (Phi) is 9.54. The van der Waals surface area contributed by atoms with Gasteiger partial charge in [0.2, 0.25) is 0 Å². The smallest absolute Gasteiger partial charge is 0.450 e. The predicted molar refractivity (Wildman–Crippen MR) is 146 cm³/mol. The Morgan fingerprint density at radius 3 is 2.39 bits per heavy atom. The van der Waals surface area contributed by atoms with E-state index in [0.717, 1.165) is 6.04 Å². The lowest BCUT2D eigenvalue weighted by Gasteiger charge is -2.37. The molecule has 3 amide bonds. The number of hydrogen-bond acceptors (Lipinski definition) is 9. The van der Waals surface area contributed by atoms with Crippen LogP contribution in [0.4, 0.5) is 14.4 Å². The Labute approximate surface area is 230 Å². The third-order valence-electron chi connectivity index (χ3n) is 6.95. The zero-order chi connectivity index (χ0) is 28.3. The first-order valence-corrected chi connectivity index (χ1v) is 18.0. The summed E-state index contributed by atoms with van der Waals surface area (Å²) in [6.07, 6.45) is -0.420. The number of ether oxygens (including phenoxy) is 4. The number of methoxy groups -OCH3 is 1. The minimum absolute atomic E-state index is 0.102. The van der Waals surface area contributed by atoms with E-state index in [1.54, 1.807) is 30.6 Å².